The van der Waals surface area contributed by atoms with Crippen molar-refractivity contribution in [1.82, 2.24) is 0 Å². The van der Waals surface area contributed by atoms with E-state index < -0.39 is 0 Å². The fraction of sp³-hybridized carbons (Fsp3) is 0.235. The molecule has 0 aliphatic heterocycles. The molecule has 2 aromatic rings. The number of aryl methyl sites for hydroxylation is 2. The number of methoxy groups -OCH3 is 1. The van der Waals surface area contributed by atoms with Crippen LogP contribution in [0.4, 0.5) is 0 Å². The van der Waals surface area contributed by atoms with Crippen LogP contribution in [-0.2, 0) is 0 Å². The van der Waals surface area contributed by atoms with Crippen LogP contribution in [0, 0.1) is 20.8 Å². The molecule has 0 bridgehead atoms. The van der Waals surface area contributed by atoms with E-state index >= 15 is 0 Å². The number of carbonyl (C=O) groups is 1. The first-order chi connectivity index (χ1) is 9.88. The van der Waals surface area contributed by atoms with E-state index in [1.54, 1.807) is 7.11 Å². The maximum atomic E-state index is 13.0. The molecule has 0 N–H and O–H groups in total. The predicted molar refractivity (Wildman–Crippen MR) is 92.5 cm³/mol. The Bertz CT molecular complexity index is 721. The van der Waals surface area contributed by atoms with Crippen molar-refractivity contribution >= 4 is 37.6 Å². The first kappa shape index (κ1) is 16.2. The Morgan fingerprint density at radius 2 is 1.76 bits per heavy atom. The van der Waals surface area contributed by atoms with E-state index in [-0.39, 0.29) is 5.78 Å². The lowest BCUT2D eigenvalue weighted by molar-refractivity contribution is 0.103. The summed E-state index contributed by atoms with van der Waals surface area (Å²) in [5.41, 5.74) is 4.10. The summed E-state index contributed by atoms with van der Waals surface area (Å²) in [6.07, 6.45) is 0. The first-order valence-corrected chi connectivity index (χ1v) is 8.10. The van der Waals surface area contributed by atoms with Gasteiger partial charge in [0.2, 0.25) is 0 Å². The van der Waals surface area contributed by atoms with Gasteiger partial charge in [0, 0.05) is 14.5 Å². The normalized spacial score (nSPS) is 10.6. The van der Waals surface area contributed by atoms with Crippen LogP contribution >= 0.6 is 31.9 Å². The second-order valence-electron chi connectivity index (χ2n) is 4.97. The van der Waals surface area contributed by atoms with Crippen molar-refractivity contribution in [3.8, 4) is 5.75 Å². The molecule has 2 nitrogen and oxygen atoms in total. The van der Waals surface area contributed by atoms with Crippen molar-refractivity contribution in [2.24, 2.45) is 0 Å². The highest BCUT2D eigenvalue weighted by atomic mass is 79.9. The topological polar surface area (TPSA) is 26.3 Å². The molecule has 0 radical (unpaired) electrons. The highest BCUT2D eigenvalue weighted by Gasteiger charge is 2.22. The van der Waals surface area contributed by atoms with Gasteiger partial charge in [-0.2, -0.15) is 0 Å². The molecule has 4 heteroatoms. The summed E-state index contributed by atoms with van der Waals surface area (Å²) in [7, 11) is 1.59. The lowest BCUT2D eigenvalue weighted by atomic mass is 9.95. The van der Waals surface area contributed by atoms with Gasteiger partial charge in [0.15, 0.2) is 5.78 Å². The van der Waals surface area contributed by atoms with Gasteiger partial charge in [0.05, 0.1) is 12.7 Å². The smallest absolute Gasteiger partial charge is 0.198 e. The molecule has 0 saturated carbocycles. The van der Waals surface area contributed by atoms with E-state index in [0.717, 1.165) is 25.6 Å². The molecular weight excluding hydrogens is 396 g/mol. The van der Waals surface area contributed by atoms with Crippen LogP contribution in [0.5, 0.6) is 5.75 Å². The summed E-state index contributed by atoms with van der Waals surface area (Å²) in [6, 6.07) is 7.65. The molecule has 2 rings (SSSR count). The van der Waals surface area contributed by atoms with Crippen LogP contribution in [-0.4, -0.2) is 12.9 Å². The van der Waals surface area contributed by atoms with Crippen LogP contribution in [0.1, 0.15) is 32.6 Å². The standard InChI is InChI=1S/C17H16Br2O2/c1-9-6-5-7-12(15(9)19)16(20)14-11(3)13(18)8-10(2)17(14)21-4/h5-8H,1-4H3. The van der Waals surface area contributed by atoms with E-state index in [9.17, 15) is 4.79 Å². The number of ketones is 1. The average molecular weight is 412 g/mol. The van der Waals surface area contributed by atoms with Gasteiger partial charge in [-0.3, -0.25) is 4.79 Å². The van der Waals surface area contributed by atoms with Gasteiger partial charge in [0.1, 0.15) is 5.75 Å². The monoisotopic (exact) mass is 410 g/mol. The molecule has 0 heterocycles. The molecule has 0 amide bonds. The highest BCUT2D eigenvalue weighted by molar-refractivity contribution is 9.10. The summed E-state index contributed by atoms with van der Waals surface area (Å²) in [4.78, 5) is 13.0. The Morgan fingerprint density at radius 3 is 2.38 bits per heavy atom. The predicted octanol–water partition coefficient (Wildman–Crippen LogP) is 5.38. The minimum atomic E-state index is -0.0377. The van der Waals surface area contributed by atoms with Gasteiger partial charge in [-0.15, -0.1) is 0 Å². The molecule has 0 saturated heterocycles. The fourth-order valence-corrected chi connectivity index (χ4v) is 3.33. The molecule has 0 aliphatic rings. The first-order valence-electron chi connectivity index (χ1n) is 6.52. The van der Waals surface area contributed by atoms with Crippen molar-refractivity contribution in [2.45, 2.75) is 20.8 Å². The average Bonchev–Trinajstić information content (AvgIpc) is 2.44. The van der Waals surface area contributed by atoms with E-state index in [0.29, 0.717) is 16.9 Å². The third-order valence-corrected chi connectivity index (χ3v) is 5.41. The molecule has 0 fully saturated rings. The number of hydrogen-bond acceptors (Lipinski definition) is 2. The molecule has 0 unspecified atom stereocenters. The van der Waals surface area contributed by atoms with Gasteiger partial charge in [-0.1, -0.05) is 28.1 Å². The SMILES string of the molecule is COc1c(C)cc(Br)c(C)c1C(=O)c1cccc(C)c1Br. The van der Waals surface area contributed by atoms with E-state index in [1.807, 2.05) is 45.0 Å². The minimum Gasteiger partial charge on any atom is -0.496 e. The van der Waals surface area contributed by atoms with E-state index in [1.165, 1.54) is 0 Å². The van der Waals surface area contributed by atoms with Gasteiger partial charge in [0.25, 0.3) is 0 Å². The van der Waals surface area contributed by atoms with Crippen molar-refractivity contribution in [2.75, 3.05) is 7.11 Å². The zero-order chi connectivity index (χ0) is 15.7. The largest absolute Gasteiger partial charge is 0.496 e. The third kappa shape index (κ3) is 2.92. The summed E-state index contributed by atoms with van der Waals surface area (Å²) >= 11 is 7.03. The molecule has 0 aromatic heterocycles. The zero-order valence-electron chi connectivity index (χ0n) is 12.4. The Hall–Kier alpha value is -1.13. The van der Waals surface area contributed by atoms with Gasteiger partial charge in [-0.25, -0.2) is 0 Å². The van der Waals surface area contributed by atoms with Gasteiger partial charge < -0.3 is 4.74 Å². The lowest BCUT2D eigenvalue weighted by Gasteiger charge is -2.16. The molecule has 110 valence electrons. The van der Waals surface area contributed by atoms with Crippen molar-refractivity contribution < 1.29 is 9.53 Å². The van der Waals surface area contributed by atoms with Gasteiger partial charge in [-0.05, 0) is 65.5 Å². The molecule has 21 heavy (non-hydrogen) atoms. The van der Waals surface area contributed by atoms with Gasteiger partial charge >= 0.3 is 0 Å². The Morgan fingerprint density at radius 1 is 1.10 bits per heavy atom. The molecule has 0 spiro atoms. The number of carbonyl (C=O) groups excluding carboxylic acids is 1. The van der Waals surface area contributed by atoms with Crippen LogP contribution in [0.3, 0.4) is 0 Å². The lowest BCUT2D eigenvalue weighted by Crippen LogP contribution is -2.09. The molecular formula is C17H16Br2O2. The fourth-order valence-electron chi connectivity index (χ4n) is 2.34. The maximum Gasteiger partial charge on any atom is 0.198 e. The Balaban J connectivity index is 2.72. The second-order valence-corrected chi connectivity index (χ2v) is 6.62. The van der Waals surface area contributed by atoms with Crippen LogP contribution in [0.25, 0.3) is 0 Å². The molecule has 0 aliphatic carbocycles. The number of hydrogen-bond donors (Lipinski definition) is 0. The van der Waals surface area contributed by atoms with Crippen molar-refractivity contribution in [3.63, 3.8) is 0 Å². The third-order valence-electron chi connectivity index (χ3n) is 3.53. The van der Waals surface area contributed by atoms with E-state index in [2.05, 4.69) is 31.9 Å². The number of benzene rings is 2. The zero-order valence-corrected chi connectivity index (χ0v) is 15.6. The minimum absolute atomic E-state index is 0.0377. The van der Waals surface area contributed by atoms with E-state index in [4.69, 9.17) is 4.74 Å². The highest BCUT2D eigenvalue weighted by Crippen LogP contribution is 2.35. The number of ether oxygens (including phenoxy) is 1. The summed E-state index contributed by atoms with van der Waals surface area (Å²) in [6.45, 7) is 5.82. The summed E-state index contributed by atoms with van der Waals surface area (Å²) in [5, 5.41) is 0. The van der Waals surface area contributed by atoms with Crippen LogP contribution < -0.4 is 4.74 Å². The molecule has 2 aromatic carbocycles. The Kier molecular flexibility index (Phi) is 4.89. The maximum absolute atomic E-state index is 13.0. The number of halogens is 2. The van der Waals surface area contributed by atoms with Crippen LogP contribution in [0.2, 0.25) is 0 Å². The van der Waals surface area contributed by atoms with Crippen molar-refractivity contribution in [3.05, 3.63) is 61.0 Å². The van der Waals surface area contributed by atoms with Crippen LogP contribution in [0.15, 0.2) is 33.2 Å². The summed E-state index contributed by atoms with van der Waals surface area (Å²) < 4.78 is 7.21. The second kappa shape index (κ2) is 6.32. The quantitative estimate of drug-likeness (QED) is 0.634. The molecule has 0 atom stereocenters. The number of rotatable bonds is 3. The Labute approximate surface area is 141 Å². The summed E-state index contributed by atoms with van der Waals surface area (Å²) in [5.74, 6) is 0.596. The van der Waals surface area contributed by atoms with Crippen molar-refractivity contribution in [1.29, 1.82) is 0 Å².